The van der Waals surface area contributed by atoms with Crippen LogP contribution in [0, 0.1) is 11.8 Å². The molecule has 2 heterocycles. The maximum atomic E-state index is 14.1. The third kappa shape index (κ3) is 3.45. The molecular weight excluding hydrogens is 460 g/mol. The summed E-state index contributed by atoms with van der Waals surface area (Å²) >= 11 is 0. The average Bonchev–Trinajstić information content (AvgIpc) is 3.43. The molecule has 2 aliphatic heterocycles. The largest absolute Gasteiger partial charge is 0.497 e. The monoisotopic (exact) mass is 486 g/mol. The molecule has 4 atom stereocenters. The highest BCUT2D eigenvalue weighted by Gasteiger charge is 2.69. The van der Waals surface area contributed by atoms with E-state index in [0.29, 0.717) is 22.7 Å². The molecule has 2 saturated heterocycles. The molecule has 36 heavy (non-hydrogen) atoms. The molecule has 2 fully saturated rings. The molecule has 0 bridgehead atoms. The Morgan fingerprint density at radius 2 is 1.39 bits per heavy atom. The molecule has 0 radical (unpaired) electrons. The van der Waals surface area contributed by atoms with Crippen LogP contribution in [0.2, 0.25) is 0 Å². The summed E-state index contributed by atoms with van der Waals surface area (Å²) in [6, 6.07) is 22.3. The first-order valence-corrected chi connectivity index (χ1v) is 11.5. The molecule has 5 rings (SSSR count). The average molecular weight is 487 g/mol. The van der Waals surface area contributed by atoms with Crippen LogP contribution in [0.4, 0.5) is 5.69 Å². The number of nitrogens with zero attached hydrogens (tertiary/aromatic N) is 1. The van der Waals surface area contributed by atoms with Crippen LogP contribution < -0.4 is 19.7 Å². The number of carbonyl (C=O) groups excluding carboxylic acids is 3. The molecule has 184 valence electrons. The minimum absolute atomic E-state index is 0.379. The molecule has 0 aromatic heterocycles. The highest BCUT2D eigenvalue weighted by Crippen LogP contribution is 2.54. The summed E-state index contributed by atoms with van der Waals surface area (Å²) in [5.41, 5.74) is 0.145. The lowest BCUT2D eigenvalue weighted by Crippen LogP contribution is -2.53. The van der Waals surface area contributed by atoms with Crippen LogP contribution in [0.25, 0.3) is 0 Å². The zero-order valence-corrected chi connectivity index (χ0v) is 20.1. The van der Waals surface area contributed by atoms with Crippen molar-refractivity contribution in [3.05, 3.63) is 90.0 Å². The zero-order valence-electron chi connectivity index (χ0n) is 20.1. The molecule has 0 aliphatic carbocycles. The summed E-state index contributed by atoms with van der Waals surface area (Å²) in [7, 11) is 4.37. The standard InChI is InChI=1S/C28H26N2O6/c1-34-20-13-9-18(10-14-20)28(27(33)36-3)23-22(24(29-28)17-7-5-4-6-8-17)25(31)30(26(23)32)19-11-15-21(35-2)16-12-19/h4-16,22-24,29H,1-3H3/t22-,23+,24-,28-/m0/s1. The number of ether oxygens (including phenoxy) is 3. The maximum absolute atomic E-state index is 14.1. The van der Waals surface area contributed by atoms with Crippen molar-refractivity contribution in [2.45, 2.75) is 11.6 Å². The van der Waals surface area contributed by atoms with Gasteiger partial charge in [0.05, 0.1) is 38.9 Å². The molecular formula is C28H26N2O6. The Hall–Kier alpha value is -4.17. The predicted octanol–water partition coefficient (Wildman–Crippen LogP) is 3.22. The molecule has 2 amide bonds. The zero-order chi connectivity index (χ0) is 25.4. The number of rotatable bonds is 6. The number of esters is 1. The summed E-state index contributed by atoms with van der Waals surface area (Å²) < 4.78 is 15.8. The van der Waals surface area contributed by atoms with Crippen molar-refractivity contribution in [3.8, 4) is 11.5 Å². The summed E-state index contributed by atoms with van der Waals surface area (Å²) in [6.45, 7) is 0. The summed E-state index contributed by atoms with van der Waals surface area (Å²) in [5.74, 6) is -2.15. The van der Waals surface area contributed by atoms with Gasteiger partial charge in [-0.05, 0) is 47.5 Å². The van der Waals surface area contributed by atoms with Crippen LogP contribution in [0.1, 0.15) is 17.2 Å². The first-order valence-electron chi connectivity index (χ1n) is 11.5. The van der Waals surface area contributed by atoms with Gasteiger partial charge in [-0.1, -0.05) is 42.5 Å². The van der Waals surface area contributed by atoms with Crippen molar-refractivity contribution in [1.29, 1.82) is 0 Å². The Morgan fingerprint density at radius 1 is 0.806 bits per heavy atom. The van der Waals surface area contributed by atoms with Crippen molar-refractivity contribution in [1.82, 2.24) is 5.32 Å². The lowest BCUT2D eigenvalue weighted by atomic mass is 9.75. The van der Waals surface area contributed by atoms with E-state index in [4.69, 9.17) is 14.2 Å². The van der Waals surface area contributed by atoms with Gasteiger partial charge in [0, 0.05) is 6.04 Å². The molecule has 0 saturated carbocycles. The fourth-order valence-electron chi connectivity index (χ4n) is 5.43. The van der Waals surface area contributed by atoms with Gasteiger partial charge >= 0.3 is 5.97 Å². The Balaban J connectivity index is 1.69. The van der Waals surface area contributed by atoms with Crippen LogP contribution in [-0.2, 0) is 24.7 Å². The second-order valence-corrected chi connectivity index (χ2v) is 8.77. The van der Waals surface area contributed by atoms with Crippen LogP contribution in [0.15, 0.2) is 78.9 Å². The molecule has 0 unspecified atom stereocenters. The number of amides is 2. The van der Waals surface area contributed by atoms with E-state index < -0.39 is 35.3 Å². The Labute approximate surface area is 208 Å². The van der Waals surface area contributed by atoms with Gasteiger partial charge in [-0.15, -0.1) is 0 Å². The minimum Gasteiger partial charge on any atom is -0.497 e. The molecule has 1 N–H and O–H groups in total. The Morgan fingerprint density at radius 3 is 1.94 bits per heavy atom. The van der Waals surface area contributed by atoms with Gasteiger partial charge in [-0.2, -0.15) is 0 Å². The fourth-order valence-corrected chi connectivity index (χ4v) is 5.43. The van der Waals surface area contributed by atoms with Crippen molar-refractivity contribution in [3.63, 3.8) is 0 Å². The number of fused-ring (bicyclic) bond motifs is 1. The number of anilines is 1. The van der Waals surface area contributed by atoms with E-state index >= 15 is 0 Å². The van der Waals surface area contributed by atoms with Gasteiger partial charge in [-0.3, -0.25) is 14.9 Å². The van der Waals surface area contributed by atoms with Gasteiger partial charge in [0.25, 0.3) is 0 Å². The number of imide groups is 1. The number of hydrogen-bond acceptors (Lipinski definition) is 7. The fraction of sp³-hybridized carbons (Fsp3) is 0.250. The van der Waals surface area contributed by atoms with Crippen molar-refractivity contribution < 1.29 is 28.6 Å². The minimum atomic E-state index is -1.58. The van der Waals surface area contributed by atoms with Crippen molar-refractivity contribution >= 4 is 23.5 Å². The van der Waals surface area contributed by atoms with Crippen LogP contribution in [0.5, 0.6) is 11.5 Å². The molecule has 3 aromatic rings. The summed E-state index contributed by atoms with van der Waals surface area (Å²) in [4.78, 5) is 42.7. The van der Waals surface area contributed by atoms with E-state index in [0.717, 1.165) is 5.56 Å². The number of benzene rings is 3. The SMILES string of the molecule is COC(=O)[C@@]1(c2ccc(OC)cc2)N[C@@H](c2ccccc2)[C@H]2C(=O)N(c3ccc(OC)cc3)C(=O)[C@@H]21. The van der Waals surface area contributed by atoms with E-state index in [2.05, 4.69) is 5.32 Å². The van der Waals surface area contributed by atoms with E-state index in [-0.39, 0.29) is 5.91 Å². The predicted molar refractivity (Wildman–Crippen MR) is 131 cm³/mol. The molecule has 8 heteroatoms. The molecule has 3 aromatic carbocycles. The van der Waals surface area contributed by atoms with E-state index in [1.165, 1.54) is 12.0 Å². The topological polar surface area (TPSA) is 94.2 Å². The highest BCUT2D eigenvalue weighted by atomic mass is 16.5. The van der Waals surface area contributed by atoms with Gasteiger partial charge in [0.2, 0.25) is 11.8 Å². The van der Waals surface area contributed by atoms with Gasteiger partial charge in [-0.25, -0.2) is 9.69 Å². The van der Waals surface area contributed by atoms with Crippen LogP contribution in [-0.4, -0.2) is 39.1 Å². The maximum Gasteiger partial charge on any atom is 0.331 e. The second-order valence-electron chi connectivity index (χ2n) is 8.77. The highest BCUT2D eigenvalue weighted by molar-refractivity contribution is 6.24. The second kappa shape index (κ2) is 9.13. The lowest BCUT2D eigenvalue weighted by molar-refractivity contribution is -0.152. The smallest absolute Gasteiger partial charge is 0.331 e. The van der Waals surface area contributed by atoms with E-state index in [9.17, 15) is 14.4 Å². The van der Waals surface area contributed by atoms with Crippen molar-refractivity contribution in [2.24, 2.45) is 11.8 Å². The molecule has 0 spiro atoms. The van der Waals surface area contributed by atoms with E-state index in [1.807, 2.05) is 30.3 Å². The van der Waals surface area contributed by atoms with Gasteiger partial charge in [0.1, 0.15) is 11.5 Å². The first kappa shape index (κ1) is 23.6. The number of nitrogens with one attached hydrogen (secondary N) is 1. The van der Waals surface area contributed by atoms with Gasteiger partial charge < -0.3 is 14.2 Å². The first-order chi connectivity index (χ1) is 17.5. The number of hydrogen-bond donors (Lipinski definition) is 1. The normalized spacial score (nSPS) is 25.0. The van der Waals surface area contributed by atoms with Crippen LogP contribution in [0.3, 0.4) is 0 Å². The summed E-state index contributed by atoms with van der Waals surface area (Å²) in [5, 5.41) is 3.37. The van der Waals surface area contributed by atoms with Crippen LogP contribution >= 0.6 is 0 Å². The quantitative estimate of drug-likeness (QED) is 0.422. The van der Waals surface area contributed by atoms with E-state index in [1.54, 1.807) is 62.8 Å². The Kier molecular flexibility index (Phi) is 5.97. The third-order valence-electron chi connectivity index (χ3n) is 7.10. The Bertz CT molecular complexity index is 1290. The third-order valence-corrected chi connectivity index (χ3v) is 7.10. The molecule has 8 nitrogen and oxygen atoms in total. The number of methoxy groups -OCH3 is 3. The summed E-state index contributed by atoms with van der Waals surface area (Å²) in [6.07, 6.45) is 0. The van der Waals surface area contributed by atoms with Gasteiger partial charge in [0.15, 0.2) is 5.54 Å². The molecule has 2 aliphatic rings. The van der Waals surface area contributed by atoms with Crippen molar-refractivity contribution in [2.75, 3.05) is 26.2 Å². The number of carbonyl (C=O) groups is 3. The lowest BCUT2D eigenvalue weighted by Gasteiger charge is -2.33.